The Balaban J connectivity index is 2.19. The quantitative estimate of drug-likeness (QED) is 0.713. The second-order valence-electron chi connectivity index (χ2n) is 4.66. The van der Waals surface area contributed by atoms with E-state index >= 15 is 0 Å². The van der Waals surface area contributed by atoms with Crippen molar-refractivity contribution >= 4 is 17.7 Å². The van der Waals surface area contributed by atoms with Crippen LogP contribution in [0.25, 0.3) is 0 Å². The summed E-state index contributed by atoms with van der Waals surface area (Å²) < 4.78 is 4.95. The first-order chi connectivity index (χ1) is 8.15. The minimum absolute atomic E-state index is 0.0926. The van der Waals surface area contributed by atoms with Crippen LogP contribution >= 0.6 is 11.8 Å². The van der Waals surface area contributed by atoms with Crippen molar-refractivity contribution in [2.75, 3.05) is 12.4 Å². The summed E-state index contributed by atoms with van der Waals surface area (Å²) in [5.41, 5.74) is 0. The maximum atomic E-state index is 11.3. The Bertz CT molecular complexity index is 235. The molecule has 3 nitrogen and oxygen atoms in total. The van der Waals surface area contributed by atoms with E-state index in [2.05, 4.69) is 30.9 Å². The van der Waals surface area contributed by atoms with Crippen molar-refractivity contribution in [1.29, 1.82) is 0 Å². The molecule has 1 rings (SSSR count). The maximum Gasteiger partial charge on any atom is 0.307 e. The average molecular weight is 259 g/mol. The van der Waals surface area contributed by atoms with Crippen molar-refractivity contribution in [3.63, 3.8) is 0 Å². The zero-order valence-corrected chi connectivity index (χ0v) is 12.0. The van der Waals surface area contributed by atoms with Crippen LogP contribution in [0.3, 0.4) is 0 Å². The minimum Gasteiger partial charge on any atom is -0.466 e. The van der Waals surface area contributed by atoms with Gasteiger partial charge in [0.25, 0.3) is 0 Å². The monoisotopic (exact) mass is 259 g/mol. The third-order valence-electron chi connectivity index (χ3n) is 3.09. The Hall–Kier alpha value is -0.220. The van der Waals surface area contributed by atoms with Gasteiger partial charge < -0.3 is 10.1 Å². The molecule has 4 heteroatoms. The summed E-state index contributed by atoms with van der Waals surface area (Å²) in [7, 11) is 0. The highest BCUT2D eigenvalue weighted by Gasteiger charge is 2.25. The molecule has 0 aliphatic heterocycles. The van der Waals surface area contributed by atoms with Crippen molar-refractivity contribution in [3.05, 3.63) is 0 Å². The summed E-state index contributed by atoms with van der Waals surface area (Å²) in [6, 6.07) is 0.813. The highest BCUT2D eigenvalue weighted by molar-refractivity contribution is 7.99. The molecule has 1 fully saturated rings. The van der Waals surface area contributed by atoms with Crippen LogP contribution in [0.2, 0.25) is 0 Å². The maximum absolute atomic E-state index is 11.3. The van der Waals surface area contributed by atoms with Gasteiger partial charge in [0.1, 0.15) is 0 Å². The van der Waals surface area contributed by atoms with E-state index in [-0.39, 0.29) is 12.0 Å². The summed E-state index contributed by atoms with van der Waals surface area (Å²) in [5, 5.41) is 4.35. The predicted octanol–water partition coefficient (Wildman–Crippen LogP) is 2.59. The van der Waals surface area contributed by atoms with Crippen LogP contribution in [-0.4, -0.2) is 35.7 Å². The van der Waals surface area contributed by atoms with Gasteiger partial charge >= 0.3 is 5.97 Å². The summed E-state index contributed by atoms with van der Waals surface area (Å²) in [4.78, 5) is 11.3. The number of rotatable bonds is 7. The van der Waals surface area contributed by atoms with Crippen LogP contribution in [0, 0.1) is 0 Å². The molecule has 100 valence electrons. The number of thioether (sulfide) groups is 1. The molecular weight excluding hydrogens is 234 g/mol. The molecule has 0 heterocycles. The molecule has 0 saturated heterocycles. The van der Waals surface area contributed by atoms with Gasteiger partial charge in [-0.2, -0.15) is 11.8 Å². The topological polar surface area (TPSA) is 38.3 Å². The van der Waals surface area contributed by atoms with Crippen LogP contribution in [0.4, 0.5) is 0 Å². The van der Waals surface area contributed by atoms with E-state index in [0.29, 0.717) is 19.1 Å². The molecule has 1 aliphatic rings. The Morgan fingerprint density at radius 2 is 2.24 bits per heavy atom. The number of hydrogen-bond acceptors (Lipinski definition) is 4. The molecule has 0 bridgehead atoms. The van der Waals surface area contributed by atoms with Crippen LogP contribution < -0.4 is 5.32 Å². The van der Waals surface area contributed by atoms with Crippen LogP contribution in [0.1, 0.15) is 46.5 Å². The van der Waals surface area contributed by atoms with Crippen molar-refractivity contribution < 1.29 is 9.53 Å². The molecule has 0 aromatic carbocycles. The zero-order chi connectivity index (χ0) is 12.7. The van der Waals surface area contributed by atoms with E-state index in [1.165, 1.54) is 25.0 Å². The fraction of sp³-hybridized carbons (Fsp3) is 0.923. The molecular formula is C13H25NO2S. The first-order valence-electron chi connectivity index (χ1n) is 6.69. The second kappa shape index (κ2) is 7.98. The van der Waals surface area contributed by atoms with Gasteiger partial charge in [-0.15, -0.1) is 0 Å². The molecule has 1 N–H and O–H groups in total. The first kappa shape index (κ1) is 14.8. The van der Waals surface area contributed by atoms with Crippen LogP contribution in [0.15, 0.2) is 0 Å². The lowest BCUT2D eigenvalue weighted by atomic mass is 10.2. The van der Waals surface area contributed by atoms with E-state index in [0.717, 1.165) is 5.25 Å². The Kier molecular flexibility index (Phi) is 6.97. The van der Waals surface area contributed by atoms with Gasteiger partial charge in [-0.05, 0) is 38.9 Å². The van der Waals surface area contributed by atoms with Gasteiger partial charge in [0, 0.05) is 17.3 Å². The molecule has 0 radical (unpaired) electrons. The van der Waals surface area contributed by atoms with E-state index < -0.39 is 0 Å². The second-order valence-corrected chi connectivity index (χ2v) is 6.24. The molecule has 0 spiro atoms. The standard InChI is InChI=1S/C13H25NO2S/c1-4-16-13(15)8-10(3)14-11-6-7-12(9-11)17-5-2/h10-12,14H,4-9H2,1-3H3. The highest BCUT2D eigenvalue weighted by Crippen LogP contribution is 2.29. The van der Waals surface area contributed by atoms with Gasteiger partial charge in [0.15, 0.2) is 0 Å². The summed E-state index contributed by atoms with van der Waals surface area (Å²) in [5.74, 6) is 1.11. The lowest BCUT2D eigenvalue weighted by Gasteiger charge is -2.18. The number of nitrogens with one attached hydrogen (secondary N) is 1. The molecule has 1 aliphatic carbocycles. The smallest absolute Gasteiger partial charge is 0.307 e. The van der Waals surface area contributed by atoms with Crippen molar-refractivity contribution in [2.24, 2.45) is 0 Å². The highest BCUT2D eigenvalue weighted by atomic mass is 32.2. The molecule has 0 aromatic heterocycles. The molecule has 0 aromatic rings. The molecule has 1 saturated carbocycles. The molecule has 3 atom stereocenters. The summed E-state index contributed by atoms with van der Waals surface area (Å²) in [6.45, 7) is 6.61. The summed E-state index contributed by atoms with van der Waals surface area (Å²) >= 11 is 2.06. The largest absolute Gasteiger partial charge is 0.466 e. The average Bonchev–Trinajstić information content (AvgIpc) is 2.66. The van der Waals surface area contributed by atoms with Gasteiger partial charge in [0.05, 0.1) is 13.0 Å². The Morgan fingerprint density at radius 3 is 2.88 bits per heavy atom. The van der Waals surface area contributed by atoms with Crippen molar-refractivity contribution in [2.45, 2.75) is 63.8 Å². The lowest BCUT2D eigenvalue weighted by Crippen LogP contribution is -2.36. The molecule has 0 amide bonds. The Labute approximate surface area is 109 Å². The first-order valence-corrected chi connectivity index (χ1v) is 7.73. The van der Waals surface area contributed by atoms with Crippen molar-refractivity contribution in [1.82, 2.24) is 5.32 Å². The third-order valence-corrected chi connectivity index (χ3v) is 4.32. The third kappa shape index (κ3) is 5.77. The molecule has 17 heavy (non-hydrogen) atoms. The van der Waals surface area contributed by atoms with Gasteiger partial charge in [-0.1, -0.05) is 6.92 Å². The number of esters is 1. The van der Waals surface area contributed by atoms with Gasteiger partial charge in [-0.25, -0.2) is 0 Å². The Morgan fingerprint density at radius 1 is 1.47 bits per heavy atom. The van der Waals surface area contributed by atoms with E-state index in [9.17, 15) is 4.79 Å². The number of carbonyl (C=O) groups excluding carboxylic acids is 1. The number of ether oxygens (including phenoxy) is 1. The fourth-order valence-corrected chi connectivity index (χ4v) is 3.55. The number of carbonyl (C=O) groups is 1. The van der Waals surface area contributed by atoms with Crippen molar-refractivity contribution in [3.8, 4) is 0 Å². The predicted molar refractivity (Wildman–Crippen MR) is 73.4 cm³/mol. The van der Waals surface area contributed by atoms with E-state index in [1.807, 2.05) is 6.92 Å². The zero-order valence-electron chi connectivity index (χ0n) is 11.2. The normalized spacial score (nSPS) is 25.8. The van der Waals surface area contributed by atoms with E-state index in [1.54, 1.807) is 0 Å². The van der Waals surface area contributed by atoms with Gasteiger partial charge in [-0.3, -0.25) is 4.79 Å². The SMILES string of the molecule is CCOC(=O)CC(C)NC1CCC(SCC)C1. The van der Waals surface area contributed by atoms with Gasteiger partial charge in [0.2, 0.25) is 0 Å². The summed E-state index contributed by atoms with van der Waals surface area (Å²) in [6.07, 6.45) is 4.27. The van der Waals surface area contributed by atoms with Crippen LogP contribution in [-0.2, 0) is 9.53 Å². The molecule has 3 unspecified atom stereocenters. The fourth-order valence-electron chi connectivity index (χ4n) is 2.41. The van der Waals surface area contributed by atoms with E-state index in [4.69, 9.17) is 4.74 Å². The number of hydrogen-bond donors (Lipinski definition) is 1. The minimum atomic E-state index is -0.0926. The lowest BCUT2D eigenvalue weighted by molar-refractivity contribution is -0.143. The van der Waals surface area contributed by atoms with Crippen LogP contribution in [0.5, 0.6) is 0 Å².